The number of carbonyl (C=O) groups excluding carboxylic acids is 1. The summed E-state index contributed by atoms with van der Waals surface area (Å²) in [6.07, 6.45) is 0. The molecule has 0 radical (unpaired) electrons. The SMILES string of the molecule is Cn1nnnc1Sc1ccc([N+](=O)[O-])cc1C(=O)Nc1ccc(Oc2ccccc2)cc1. The first-order chi connectivity index (χ1) is 15.5. The molecule has 0 saturated heterocycles. The molecule has 0 unspecified atom stereocenters. The highest BCUT2D eigenvalue weighted by atomic mass is 32.2. The van der Waals surface area contributed by atoms with Gasteiger partial charge in [0.25, 0.3) is 11.6 Å². The maximum absolute atomic E-state index is 13.0. The number of rotatable bonds is 7. The Morgan fingerprint density at radius 3 is 2.44 bits per heavy atom. The highest BCUT2D eigenvalue weighted by molar-refractivity contribution is 7.99. The summed E-state index contributed by atoms with van der Waals surface area (Å²) in [5, 5.41) is 25.6. The minimum atomic E-state index is -0.551. The summed E-state index contributed by atoms with van der Waals surface area (Å²) in [5.74, 6) is 0.805. The van der Waals surface area contributed by atoms with Crippen LogP contribution in [0.1, 0.15) is 10.4 Å². The first kappa shape index (κ1) is 21.0. The van der Waals surface area contributed by atoms with Gasteiger partial charge in [0.15, 0.2) is 0 Å². The lowest BCUT2D eigenvalue weighted by atomic mass is 10.2. The number of nitro benzene ring substituents is 1. The van der Waals surface area contributed by atoms with E-state index >= 15 is 0 Å². The maximum Gasteiger partial charge on any atom is 0.270 e. The first-order valence-corrected chi connectivity index (χ1v) is 10.1. The van der Waals surface area contributed by atoms with Crippen LogP contribution in [0.2, 0.25) is 0 Å². The highest BCUT2D eigenvalue weighted by Crippen LogP contribution is 2.32. The van der Waals surface area contributed by atoms with Gasteiger partial charge in [0.2, 0.25) is 5.16 Å². The van der Waals surface area contributed by atoms with Gasteiger partial charge in [0.05, 0.1) is 10.5 Å². The number of anilines is 1. The van der Waals surface area contributed by atoms with E-state index in [0.717, 1.165) is 11.8 Å². The third-order valence-corrected chi connectivity index (χ3v) is 5.40. The standard InChI is InChI=1S/C21H16N6O4S/c1-26-21(23-24-25-26)32-19-12-9-15(27(29)30)13-18(19)20(28)22-14-7-10-17(11-8-14)31-16-5-3-2-4-6-16/h2-13H,1H3,(H,22,28). The fraction of sp³-hybridized carbons (Fsp3) is 0.0476. The number of para-hydroxylation sites is 1. The lowest BCUT2D eigenvalue weighted by molar-refractivity contribution is -0.384. The van der Waals surface area contributed by atoms with Crippen LogP contribution in [0.15, 0.2) is 82.8 Å². The number of amides is 1. The van der Waals surface area contributed by atoms with E-state index in [0.29, 0.717) is 27.2 Å². The lowest BCUT2D eigenvalue weighted by Gasteiger charge is -2.10. The summed E-state index contributed by atoms with van der Waals surface area (Å²) >= 11 is 1.13. The fourth-order valence-electron chi connectivity index (χ4n) is 2.73. The summed E-state index contributed by atoms with van der Waals surface area (Å²) in [5.41, 5.74) is 0.456. The molecule has 0 saturated carbocycles. The Hall–Kier alpha value is -4.25. The van der Waals surface area contributed by atoms with Gasteiger partial charge in [-0.2, -0.15) is 0 Å². The number of hydrogen-bond donors (Lipinski definition) is 1. The molecule has 0 aliphatic heterocycles. The number of non-ortho nitro benzene ring substituents is 1. The van der Waals surface area contributed by atoms with Crippen LogP contribution >= 0.6 is 11.8 Å². The molecule has 10 nitrogen and oxygen atoms in total. The number of nitro groups is 1. The summed E-state index contributed by atoms with van der Waals surface area (Å²) in [4.78, 5) is 24.1. The third kappa shape index (κ3) is 4.90. The van der Waals surface area contributed by atoms with Crippen LogP contribution in [0.5, 0.6) is 11.5 Å². The monoisotopic (exact) mass is 448 g/mol. The Balaban J connectivity index is 1.54. The Morgan fingerprint density at radius 1 is 1.06 bits per heavy atom. The maximum atomic E-state index is 13.0. The molecule has 1 heterocycles. The molecule has 1 amide bonds. The predicted octanol–water partition coefficient (Wildman–Crippen LogP) is 4.31. The first-order valence-electron chi connectivity index (χ1n) is 9.32. The molecule has 1 N–H and O–H groups in total. The molecule has 0 aliphatic rings. The van der Waals surface area contributed by atoms with Gasteiger partial charge in [0.1, 0.15) is 11.5 Å². The fourth-order valence-corrected chi connectivity index (χ4v) is 3.57. The zero-order chi connectivity index (χ0) is 22.5. The summed E-state index contributed by atoms with van der Waals surface area (Å²) in [6, 6.07) is 20.2. The average molecular weight is 448 g/mol. The normalized spacial score (nSPS) is 10.5. The van der Waals surface area contributed by atoms with E-state index in [4.69, 9.17) is 4.74 Å². The van der Waals surface area contributed by atoms with Gasteiger partial charge in [-0.15, -0.1) is 5.10 Å². The molecule has 0 aliphatic carbocycles. The van der Waals surface area contributed by atoms with Crippen LogP contribution in [0.4, 0.5) is 11.4 Å². The lowest BCUT2D eigenvalue weighted by Crippen LogP contribution is -2.13. The van der Waals surface area contributed by atoms with E-state index in [1.165, 1.54) is 22.9 Å². The number of nitrogens with one attached hydrogen (secondary N) is 1. The number of tetrazole rings is 1. The highest BCUT2D eigenvalue weighted by Gasteiger charge is 2.19. The molecule has 160 valence electrons. The summed E-state index contributed by atoms with van der Waals surface area (Å²) < 4.78 is 7.19. The minimum absolute atomic E-state index is 0.136. The second-order valence-electron chi connectivity index (χ2n) is 6.52. The van der Waals surface area contributed by atoms with E-state index in [-0.39, 0.29) is 11.3 Å². The van der Waals surface area contributed by atoms with Crippen molar-refractivity contribution in [1.82, 2.24) is 20.2 Å². The van der Waals surface area contributed by atoms with Crippen molar-refractivity contribution >= 4 is 29.0 Å². The molecule has 1 aromatic heterocycles. The largest absolute Gasteiger partial charge is 0.457 e. The van der Waals surface area contributed by atoms with Gasteiger partial charge in [0, 0.05) is 29.8 Å². The van der Waals surface area contributed by atoms with Crippen molar-refractivity contribution in [3.8, 4) is 11.5 Å². The molecule has 3 aromatic carbocycles. The molecule has 11 heteroatoms. The second kappa shape index (κ2) is 9.27. The zero-order valence-corrected chi connectivity index (χ0v) is 17.5. The van der Waals surface area contributed by atoms with Crippen molar-refractivity contribution in [2.45, 2.75) is 10.1 Å². The topological polar surface area (TPSA) is 125 Å². The Kier molecular flexibility index (Phi) is 6.08. The van der Waals surface area contributed by atoms with E-state index in [2.05, 4.69) is 20.8 Å². The molecular formula is C21H16N6O4S. The smallest absolute Gasteiger partial charge is 0.270 e. The van der Waals surface area contributed by atoms with Gasteiger partial charge in [-0.25, -0.2) is 4.68 Å². The average Bonchev–Trinajstić information content (AvgIpc) is 3.20. The number of ether oxygens (including phenoxy) is 1. The Morgan fingerprint density at radius 2 is 1.78 bits per heavy atom. The molecule has 0 atom stereocenters. The molecule has 32 heavy (non-hydrogen) atoms. The van der Waals surface area contributed by atoms with Gasteiger partial charge in [-0.1, -0.05) is 18.2 Å². The number of aromatic nitrogens is 4. The van der Waals surface area contributed by atoms with Crippen molar-refractivity contribution in [3.05, 3.63) is 88.5 Å². The van der Waals surface area contributed by atoms with E-state index in [1.807, 2.05) is 30.3 Å². The molecule has 0 fully saturated rings. The predicted molar refractivity (Wildman–Crippen MR) is 117 cm³/mol. The minimum Gasteiger partial charge on any atom is -0.457 e. The molecule has 0 bridgehead atoms. The van der Waals surface area contributed by atoms with E-state index < -0.39 is 10.8 Å². The quantitative estimate of drug-likeness (QED) is 0.327. The second-order valence-corrected chi connectivity index (χ2v) is 7.53. The Labute approximate surface area is 186 Å². The van der Waals surface area contributed by atoms with Gasteiger partial charge >= 0.3 is 0 Å². The molecule has 4 aromatic rings. The van der Waals surface area contributed by atoms with Crippen LogP contribution in [-0.4, -0.2) is 31.0 Å². The Bertz CT molecular complexity index is 1260. The number of carbonyl (C=O) groups is 1. The molecule has 4 rings (SSSR count). The third-order valence-electron chi connectivity index (χ3n) is 4.29. The number of nitrogens with zero attached hydrogens (tertiary/aromatic N) is 5. The summed E-state index contributed by atoms with van der Waals surface area (Å²) in [6.45, 7) is 0. The number of hydrogen-bond acceptors (Lipinski definition) is 8. The van der Waals surface area contributed by atoms with Crippen LogP contribution in [0, 0.1) is 10.1 Å². The molecule has 0 spiro atoms. The van der Waals surface area contributed by atoms with Crippen molar-refractivity contribution in [2.24, 2.45) is 7.05 Å². The van der Waals surface area contributed by atoms with Crippen LogP contribution < -0.4 is 10.1 Å². The zero-order valence-electron chi connectivity index (χ0n) is 16.7. The van der Waals surface area contributed by atoms with Crippen molar-refractivity contribution in [1.29, 1.82) is 0 Å². The van der Waals surface area contributed by atoms with Crippen molar-refractivity contribution < 1.29 is 14.5 Å². The number of benzene rings is 3. The van der Waals surface area contributed by atoms with Gasteiger partial charge in [-0.05, 0) is 64.7 Å². The van der Waals surface area contributed by atoms with Gasteiger partial charge < -0.3 is 10.1 Å². The summed E-state index contributed by atoms with van der Waals surface area (Å²) in [7, 11) is 1.66. The van der Waals surface area contributed by atoms with E-state index in [1.54, 1.807) is 31.3 Å². The van der Waals surface area contributed by atoms with Gasteiger partial charge in [-0.3, -0.25) is 14.9 Å². The van der Waals surface area contributed by atoms with Crippen LogP contribution in [-0.2, 0) is 7.05 Å². The number of aryl methyl sites for hydroxylation is 1. The van der Waals surface area contributed by atoms with Crippen LogP contribution in [0.3, 0.4) is 0 Å². The van der Waals surface area contributed by atoms with Crippen molar-refractivity contribution in [2.75, 3.05) is 5.32 Å². The van der Waals surface area contributed by atoms with E-state index in [9.17, 15) is 14.9 Å². The van der Waals surface area contributed by atoms with Crippen LogP contribution in [0.25, 0.3) is 0 Å². The van der Waals surface area contributed by atoms with Crippen molar-refractivity contribution in [3.63, 3.8) is 0 Å². The molecular weight excluding hydrogens is 432 g/mol.